The quantitative estimate of drug-likeness (QED) is 0.652. The van der Waals surface area contributed by atoms with Gasteiger partial charge < -0.3 is 20.3 Å². The summed E-state index contributed by atoms with van der Waals surface area (Å²) >= 11 is 0. The Morgan fingerprint density at radius 1 is 1.33 bits per heavy atom. The maximum Gasteiger partial charge on any atom is 0.239 e. The van der Waals surface area contributed by atoms with Crippen LogP contribution in [0.5, 0.6) is 0 Å². The molecular formula is C16H33N3O2. The molecule has 1 heterocycles. The fraction of sp³-hybridized carbons (Fsp3) is 0.938. The number of nitrogens with two attached hydrogens (primary N) is 1. The van der Waals surface area contributed by atoms with E-state index in [0.717, 1.165) is 57.9 Å². The Balaban J connectivity index is 2.29. The van der Waals surface area contributed by atoms with Gasteiger partial charge in [0.25, 0.3) is 0 Å². The zero-order chi connectivity index (χ0) is 15.7. The van der Waals surface area contributed by atoms with Crippen LogP contribution in [0.2, 0.25) is 0 Å². The molecule has 0 spiro atoms. The summed E-state index contributed by atoms with van der Waals surface area (Å²) in [5.41, 5.74) is 5.99. The number of hydrogen-bond acceptors (Lipinski definition) is 4. The Hall–Kier alpha value is -0.650. The minimum atomic E-state index is -0.362. The van der Waals surface area contributed by atoms with Crippen molar-refractivity contribution in [3.05, 3.63) is 0 Å². The molecule has 0 radical (unpaired) electrons. The molecule has 2 N–H and O–H groups in total. The highest BCUT2D eigenvalue weighted by Crippen LogP contribution is 2.19. The molecule has 1 aliphatic heterocycles. The molecule has 0 aromatic carbocycles. The molecule has 1 rings (SSSR count). The number of methoxy groups -OCH3 is 1. The fourth-order valence-corrected chi connectivity index (χ4v) is 2.99. The Bertz CT molecular complexity index is 287. The van der Waals surface area contributed by atoms with Gasteiger partial charge in [0.05, 0.1) is 6.04 Å². The van der Waals surface area contributed by atoms with Crippen molar-refractivity contribution in [3.63, 3.8) is 0 Å². The predicted octanol–water partition coefficient (Wildman–Crippen LogP) is 1.32. The third-order valence-corrected chi connectivity index (χ3v) is 4.52. The van der Waals surface area contributed by atoms with E-state index in [4.69, 9.17) is 10.5 Å². The molecule has 0 aromatic rings. The van der Waals surface area contributed by atoms with Gasteiger partial charge in [-0.2, -0.15) is 0 Å². The molecule has 21 heavy (non-hydrogen) atoms. The third kappa shape index (κ3) is 6.32. The summed E-state index contributed by atoms with van der Waals surface area (Å²) in [7, 11) is 1.67. The van der Waals surface area contributed by atoms with Crippen LogP contribution < -0.4 is 5.73 Å². The van der Waals surface area contributed by atoms with E-state index in [1.807, 2.05) is 4.90 Å². The summed E-state index contributed by atoms with van der Waals surface area (Å²) in [5, 5.41) is 0. The lowest BCUT2D eigenvalue weighted by Crippen LogP contribution is -2.48. The normalized spacial score (nSPS) is 18.2. The van der Waals surface area contributed by atoms with Gasteiger partial charge in [-0.3, -0.25) is 4.79 Å². The second-order valence-electron chi connectivity index (χ2n) is 6.00. The van der Waals surface area contributed by atoms with Crippen molar-refractivity contribution in [1.82, 2.24) is 9.80 Å². The van der Waals surface area contributed by atoms with Gasteiger partial charge in [-0.25, -0.2) is 0 Å². The van der Waals surface area contributed by atoms with Crippen LogP contribution in [0.4, 0.5) is 0 Å². The monoisotopic (exact) mass is 299 g/mol. The Labute approximate surface area is 129 Å². The zero-order valence-electron chi connectivity index (χ0n) is 14.0. The average Bonchev–Trinajstić information content (AvgIpc) is 2.52. The highest BCUT2D eigenvalue weighted by Gasteiger charge is 2.26. The number of rotatable bonds is 9. The first-order valence-electron chi connectivity index (χ1n) is 8.38. The van der Waals surface area contributed by atoms with Crippen molar-refractivity contribution in [3.8, 4) is 0 Å². The molecule has 0 bridgehead atoms. The summed E-state index contributed by atoms with van der Waals surface area (Å²) in [5.74, 6) is 0.839. The van der Waals surface area contributed by atoms with Crippen LogP contribution in [0.3, 0.4) is 0 Å². The number of hydrogen-bond donors (Lipinski definition) is 1. The van der Waals surface area contributed by atoms with E-state index in [9.17, 15) is 4.79 Å². The predicted molar refractivity (Wildman–Crippen MR) is 86.2 cm³/mol. The Morgan fingerprint density at radius 3 is 2.48 bits per heavy atom. The molecule has 5 nitrogen and oxygen atoms in total. The Morgan fingerprint density at radius 2 is 1.95 bits per heavy atom. The lowest BCUT2D eigenvalue weighted by Gasteiger charge is -2.35. The molecule has 0 aromatic heterocycles. The van der Waals surface area contributed by atoms with Crippen LogP contribution in [0.25, 0.3) is 0 Å². The molecule has 1 atom stereocenters. The van der Waals surface area contributed by atoms with E-state index >= 15 is 0 Å². The molecular weight excluding hydrogens is 266 g/mol. The molecule has 0 aliphatic carbocycles. The molecule has 1 unspecified atom stereocenters. The topological polar surface area (TPSA) is 58.8 Å². The van der Waals surface area contributed by atoms with Crippen LogP contribution in [0, 0.1) is 5.92 Å². The van der Waals surface area contributed by atoms with Gasteiger partial charge in [0, 0.05) is 33.4 Å². The summed E-state index contributed by atoms with van der Waals surface area (Å²) < 4.78 is 5.00. The van der Waals surface area contributed by atoms with Crippen LogP contribution in [0.1, 0.15) is 39.5 Å². The first-order chi connectivity index (χ1) is 10.1. The van der Waals surface area contributed by atoms with E-state index in [1.54, 1.807) is 7.11 Å². The third-order valence-electron chi connectivity index (χ3n) is 4.52. The average molecular weight is 299 g/mol. The second-order valence-corrected chi connectivity index (χ2v) is 6.00. The van der Waals surface area contributed by atoms with Gasteiger partial charge in [-0.15, -0.1) is 0 Å². The largest absolute Gasteiger partial charge is 0.385 e. The van der Waals surface area contributed by atoms with Crippen LogP contribution >= 0.6 is 0 Å². The summed E-state index contributed by atoms with van der Waals surface area (Å²) in [6.07, 6.45) is 3.77. The van der Waals surface area contributed by atoms with Gasteiger partial charge >= 0.3 is 0 Å². The minimum absolute atomic E-state index is 0.118. The summed E-state index contributed by atoms with van der Waals surface area (Å²) in [6, 6.07) is -0.362. The molecule has 5 heteroatoms. The molecule has 1 fully saturated rings. The van der Waals surface area contributed by atoms with E-state index < -0.39 is 0 Å². The summed E-state index contributed by atoms with van der Waals surface area (Å²) in [6.45, 7) is 10.2. The zero-order valence-corrected chi connectivity index (χ0v) is 14.0. The number of ether oxygens (including phenoxy) is 1. The van der Waals surface area contributed by atoms with Gasteiger partial charge in [0.2, 0.25) is 5.91 Å². The highest BCUT2D eigenvalue weighted by atomic mass is 16.5. The molecule has 1 aliphatic rings. The van der Waals surface area contributed by atoms with Gasteiger partial charge in [-0.05, 0) is 44.7 Å². The van der Waals surface area contributed by atoms with Gasteiger partial charge in [-0.1, -0.05) is 13.8 Å². The lowest BCUT2D eigenvalue weighted by molar-refractivity contribution is -0.134. The van der Waals surface area contributed by atoms with Crippen molar-refractivity contribution in [2.24, 2.45) is 11.7 Å². The number of carbonyl (C=O) groups excluding carboxylic acids is 1. The number of likely N-dealkylation sites (tertiary alicyclic amines) is 1. The number of carbonyl (C=O) groups is 1. The van der Waals surface area contributed by atoms with Crippen molar-refractivity contribution >= 4 is 5.91 Å². The SMILES string of the molecule is CCN(CC)CC1CCN(C(=O)C(N)CCCOC)CC1. The molecule has 1 amide bonds. The lowest BCUT2D eigenvalue weighted by atomic mass is 9.95. The first-order valence-corrected chi connectivity index (χ1v) is 8.38. The van der Waals surface area contributed by atoms with Crippen LogP contribution in [-0.2, 0) is 9.53 Å². The number of amides is 1. The minimum Gasteiger partial charge on any atom is -0.385 e. The van der Waals surface area contributed by atoms with Crippen LogP contribution in [0.15, 0.2) is 0 Å². The maximum atomic E-state index is 12.3. The molecule has 1 saturated heterocycles. The number of piperidine rings is 1. The molecule has 124 valence electrons. The van der Waals surface area contributed by atoms with Crippen molar-refractivity contribution in [2.45, 2.75) is 45.6 Å². The van der Waals surface area contributed by atoms with Crippen LogP contribution in [-0.4, -0.2) is 68.2 Å². The van der Waals surface area contributed by atoms with Crippen molar-refractivity contribution in [2.75, 3.05) is 46.4 Å². The van der Waals surface area contributed by atoms with Gasteiger partial charge in [0.15, 0.2) is 0 Å². The summed E-state index contributed by atoms with van der Waals surface area (Å²) in [4.78, 5) is 16.7. The van der Waals surface area contributed by atoms with Crippen molar-refractivity contribution < 1.29 is 9.53 Å². The van der Waals surface area contributed by atoms with E-state index in [2.05, 4.69) is 18.7 Å². The van der Waals surface area contributed by atoms with Gasteiger partial charge in [0.1, 0.15) is 0 Å². The van der Waals surface area contributed by atoms with Crippen molar-refractivity contribution in [1.29, 1.82) is 0 Å². The first kappa shape index (κ1) is 18.4. The number of nitrogens with zero attached hydrogens (tertiary/aromatic N) is 2. The fourth-order valence-electron chi connectivity index (χ4n) is 2.99. The highest BCUT2D eigenvalue weighted by molar-refractivity contribution is 5.81. The van der Waals surface area contributed by atoms with E-state index in [-0.39, 0.29) is 11.9 Å². The van der Waals surface area contributed by atoms with E-state index in [1.165, 1.54) is 0 Å². The van der Waals surface area contributed by atoms with E-state index in [0.29, 0.717) is 13.0 Å². The second kappa shape index (κ2) is 10.1. The molecule has 0 saturated carbocycles. The standard InChI is InChI=1S/C16H33N3O2/c1-4-18(5-2)13-14-8-10-19(11-9-14)16(20)15(17)7-6-12-21-3/h14-15H,4-13,17H2,1-3H3. The smallest absolute Gasteiger partial charge is 0.239 e. The Kier molecular flexibility index (Phi) is 8.88. The maximum absolute atomic E-state index is 12.3.